The number of carbonyl (C=O) groups is 3. The van der Waals surface area contributed by atoms with Crippen molar-refractivity contribution in [2.75, 3.05) is 7.11 Å². The first-order chi connectivity index (χ1) is 12.8. The Hall–Kier alpha value is -2.61. The third kappa shape index (κ3) is 7.26. The molecule has 0 heterocycles. The second-order valence-corrected chi connectivity index (χ2v) is 6.32. The molecule has 0 fully saturated rings. The Labute approximate surface area is 159 Å². The molecule has 0 aliphatic carbocycles. The highest BCUT2D eigenvalue weighted by Gasteiger charge is 2.32. The van der Waals surface area contributed by atoms with Crippen molar-refractivity contribution in [3.63, 3.8) is 0 Å². The fraction of sp³-hybridized carbons (Fsp3) is 0.526. The highest BCUT2D eigenvalue weighted by atomic mass is 16.5. The predicted molar refractivity (Wildman–Crippen MR) is 98.6 cm³/mol. The average molecular weight is 380 g/mol. The van der Waals surface area contributed by atoms with E-state index < -0.39 is 36.2 Å². The maximum absolute atomic E-state index is 12.5. The summed E-state index contributed by atoms with van der Waals surface area (Å²) < 4.78 is 9.79. The van der Waals surface area contributed by atoms with E-state index in [9.17, 15) is 19.5 Å². The lowest BCUT2D eigenvalue weighted by Crippen LogP contribution is -2.57. The normalized spacial score (nSPS) is 15.0. The summed E-state index contributed by atoms with van der Waals surface area (Å²) >= 11 is 0. The summed E-state index contributed by atoms with van der Waals surface area (Å²) in [4.78, 5) is 36.4. The van der Waals surface area contributed by atoms with Crippen LogP contribution in [0.5, 0.6) is 0 Å². The molecule has 1 rings (SSSR count). The van der Waals surface area contributed by atoms with Crippen LogP contribution in [-0.2, 0) is 25.7 Å². The first-order valence-electron chi connectivity index (χ1n) is 8.83. The van der Waals surface area contributed by atoms with E-state index in [1.807, 2.05) is 25.1 Å². The predicted octanol–water partition coefficient (Wildman–Crippen LogP) is 1.37. The molecule has 0 aromatic heterocycles. The quantitative estimate of drug-likeness (QED) is 0.558. The Morgan fingerprint density at radius 1 is 1.07 bits per heavy atom. The lowest BCUT2D eigenvalue weighted by atomic mass is 9.98. The van der Waals surface area contributed by atoms with Gasteiger partial charge in [0.25, 0.3) is 0 Å². The molecule has 0 unspecified atom stereocenters. The first kappa shape index (κ1) is 22.4. The van der Waals surface area contributed by atoms with Crippen LogP contribution < -0.4 is 10.6 Å². The van der Waals surface area contributed by atoms with Crippen LogP contribution in [0.15, 0.2) is 30.3 Å². The van der Waals surface area contributed by atoms with Gasteiger partial charge in [-0.2, -0.15) is 0 Å². The number of aliphatic hydroxyl groups excluding tert-OH is 1. The topological polar surface area (TPSA) is 114 Å². The Morgan fingerprint density at radius 3 is 2.22 bits per heavy atom. The fourth-order valence-electron chi connectivity index (χ4n) is 2.34. The van der Waals surface area contributed by atoms with E-state index in [0.29, 0.717) is 6.42 Å². The fourth-order valence-corrected chi connectivity index (χ4v) is 2.34. The summed E-state index contributed by atoms with van der Waals surface area (Å²) in [7, 11) is 1.23. The molecule has 0 spiro atoms. The van der Waals surface area contributed by atoms with Gasteiger partial charge in [-0.15, -0.1) is 0 Å². The van der Waals surface area contributed by atoms with Crippen LogP contribution in [-0.4, -0.2) is 48.4 Å². The van der Waals surface area contributed by atoms with Gasteiger partial charge >= 0.3 is 12.1 Å². The highest BCUT2D eigenvalue weighted by molar-refractivity contribution is 5.90. The third-order valence-corrected chi connectivity index (χ3v) is 4.22. The Kier molecular flexibility index (Phi) is 9.29. The maximum atomic E-state index is 12.5. The lowest BCUT2D eigenvalue weighted by molar-refractivity contribution is -0.147. The molecular weight excluding hydrogens is 352 g/mol. The van der Waals surface area contributed by atoms with E-state index in [1.165, 1.54) is 14.0 Å². The molecule has 8 nitrogen and oxygen atoms in total. The maximum Gasteiger partial charge on any atom is 0.408 e. The van der Waals surface area contributed by atoms with Gasteiger partial charge < -0.3 is 25.2 Å². The van der Waals surface area contributed by atoms with Gasteiger partial charge in [-0.3, -0.25) is 4.79 Å². The lowest BCUT2D eigenvalue weighted by Gasteiger charge is -2.26. The molecule has 8 heteroatoms. The molecular formula is C19H28N2O6. The smallest absolute Gasteiger partial charge is 0.408 e. The van der Waals surface area contributed by atoms with Crippen molar-refractivity contribution in [3.05, 3.63) is 35.9 Å². The number of carbonyl (C=O) groups excluding carboxylic acids is 3. The summed E-state index contributed by atoms with van der Waals surface area (Å²) in [6.45, 7) is 5.05. The third-order valence-electron chi connectivity index (χ3n) is 4.22. The average Bonchev–Trinajstić information content (AvgIpc) is 2.67. The summed E-state index contributed by atoms with van der Waals surface area (Å²) in [5, 5.41) is 14.7. The van der Waals surface area contributed by atoms with E-state index in [4.69, 9.17) is 9.47 Å². The van der Waals surface area contributed by atoms with Crippen LogP contribution in [0.2, 0.25) is 0 Å². The van der Waals surface area contributed by atoms with Crippen LogP contribution in [0, 0.1) is 5.92 Å². The summed E-state index contributed by atoms with van der Waals surface area (Å²) in [6.07, 6.45) is -1.41. The van der Waals surface area contributed by atoms with Gasteiger partial charge in [-0.25, -0.2) is 9.59 Å². The minimum atomic E-state index is -1.27. The number of hydrogen-bond acceptors (Lipinski definition) is 6. The van der Waals surface area contributed by atoms with Crippen molar-refractivity contribution < 1.29 is 29.0 Å². The van der Waals surface area contributed by atoms with Crippen molar-refractivity contribution in [1.82, 2.24) is 10.6 Å². The first-order valence-corrected chi connectivity index (χ1v) is 8.83. The van der Waals surface area contributed by atoms with Gasteiger partial charge in [-0.05, 0) is 18.4 Å². The van der Waals surface area contributed by atoms with Gasteiger partial charge in [-0.1, -0.05) is 50.6 Å². The molecule has 0 aliphatic heterocycles. The number of rotatable bonds is 9. The zero-order valence-electron chi connectivity index (χ0n) is 16.1. The molecule has 0 saturated heterocycles. The van der Waals surface area contributed by atoms with E-state index in [-0.39, 0.29) is 12.5 Å². The van der Waals surface area contributed by atoms with Gasteiger partial charge in [0.15, 0.2) is 0 Å². The van der Waals surface area contributed by atoms with Crippen LogP contribution in [0.25, 0.3) is 0 Å². The number of nitrogens with one attached hydrogen (secondary N) is 2. The molecule has 0 radical (unpaired) electrons. The van der Waals surface area contributed by atoms with E-state index in [1.54, 1.807) is 19.1 Å². The number of aliphatic hydroxyl groups is 1. The van der Waals surface area contributed by atoms with Gasteiger partial charge in [0, 0.05) is 0 Å². The second-order valence-electron chi connectivity index (χ2n) is 6.32. The van der Waals surface area contributed by atoms with Gasteiger partial charge in [0.2, 0.25) is 5.91 Å². The van der Waals surface area contributed by atoms with Crippen LogP contribution in [0.1, 0.15) is 32.8 Å². The molecule has 27 heavy (non-hydrogen) atoms. The van der Waals surface area contributed by atoms with Gasteiger partial charge in [0.05, 0.1) is 13.2 Å². The monoisotopic (exact) mass is 380 g/mol. The number of hydrogen-bond donors (Lipinski definition) is 3. The Morgan fingerprint density at radius 2 is 1.70 bits per heavy atom. The van der Waals surface area contributed by atoms with Crippen molar-refractivity contribution in [2.45, 2.75) is 52.0 Å². The number of methoxy groups -OCH3 is 1. The second kappa shape index (κ2) is 11.2. The van der Waals surface area contributed by atoms with E-state index in [2.05, 4.69) is 10.6 Å². The molecule has 1 aromatic rings. The Balaban J connectivity index is 2.71. The van der Waals surface area contributed by atoms with Crippen molar-refractivity contribution in [2.24, 2.45) is 5.92 Å². The number of esters is 1. The molecule has 0 bridgehead atoms. The van der Waals surface area contributed by atoms with E-state index >= 15 is 0 Å². The molecule has 2 amide bonds. The summed E-state index contributed by atoms with van der Waals surface area (Å²) in [6, 6.07) is 6.89. The van der Waals surface area contributed by atoms with Crippen LogP contribution >= 0.6 is 0 Å². The zero-order chi connectivity index (χ0) is 20.4. The van der Waals surface area contributed by atoms with Crippen molar-refractivity contribution in [1.29, 1.82) is 0 Å². The van der Waals surface area contributed by atoms with E-state index in [0.717, 1.165) is 5.56 Å². The van der Waals surface area contributed by atoms with Gasteiger partial charge in [0.1, 0.15) is 18.7 Å². The molecule has 0 aliphatic rings. The molecule has 1 aromatic carbocycles. The Bertz CT molecular complexity index is 620. The summed E-state index contributed by atoms with van der Waals surface area (Å²) in [5.41, 5.74) is 0.785. The number of alkyl carbamates (subject to hydrolysis) is 1. The SMILES string of the molecule is CC[C@@H](C)[C@H](NC(=O)[C@@H](NC(=O)OCc1ccccc1)[C@@H](C)O)C(=O)OC. The van der Waals surface area contributed by atoms with Crippen LogP contribution in [0.4, 0.5) is 4.79 Å². The van der Waals surface area contributed by atoms with Crippen molar-refractivity contribution >= 4 is 18.0 Å². The van der Waals surface area contributed by atoms with Crippen LogP contribution in [0.3, 0.4) is 0 Å². The molecule has 4 atom stereocenters. The number of ether oxygens (including phenoxy) is 2. The molecule has 150 valence electrons. The van der Waals surface area contributed by atoms with Crippen molar-refractivity contribution in [3.8, 4) is 0 Å². The minimum absolute atomic E-state index is 0.0263. The minimum Gasteiger partial charge on any atom is -0.467 e. The largest absolute Gasteiger partial charge is 0.467 e. The molecule has 3 N–H and O–H groups in total. The molecule has 0 saturated carbocycles. The summed E-state index contributed by atoms with van der Waals surface area (Å²) in [5.74, 6) is -1.47. The standard InChI is InChI=1S/C19H28N2O6/c1-5-12(2)15(18(24)26-4)20-17(23)16(13(3)22)21-19(25)27-11-14-9-7-6-8-10-14/h6-10,12-13,15-16,22H,5,11H2,1-4H3,(H,20,23)(H,21,25)/t12-,13-,15+,16+/m1/s1. The number of benzene rings is 1. The number of amides is 2. The highest BCUT2D eigenvalue weighted by Crippen LogP contribution is 2.10. The zero-order valence-corrected chi connectivity index (χ0v) is 16.1.